The molecule has 3 nitrogen and oxygen atoms in total. The van der Waals surface area contributed by atoms with Crippen LogP contribution in [0.5, 0.6) is 0 Å². The van der Waals surface area contributed by atoms with Crippen LogP contribution in [-0.2, 0) is 0 Å². The average Bonchev–Trinajstić information content (AvgIpc) is 1.82. The van der Waals surface area contributed by atoms with Crippen molar-refractivity contribution >= 4 is 0 Å². The van der Waals surface area contributed by atoms with Crippen LogP contribution in [0.4, 0.5) is 0 Å². The van der Waals surface area contributed by atoms with E-state index >= 15 is 0 Å². The van der Waals surface area contributed by atoms with Crippen molar-refractivity contribution in [3.8, 4) is 0 Å². The van der Waals surface area contributed by atoms with Gasteiger partial charge >= 0.3 is 0 Å². The van der Waals surface area contributed by atoms with Gasteiger partial charge in [0, 0.05) is 6.54 Å². The third kappa shape index (κ3) is 5.03. The predicted molar refractivity (Wildman–Crippen MR) is 43.9 cm³/mol. The van der Waals surface area contributed by atoms with Crippen LogP contribution in [0, 0.1) is 0 Å². The minimum absolute atomic E-state index is 0.411. The Hall–Kier alpha value is -1.12. The highest BCUT2D eigenvalue weighted by Crippen LogP contribution is 1.80. The Bertz CT molecular complexity index is 129. The molecule has 0 fully saturated rings. The van der Waals surface area contributed by atoms with Crippen LogP contribution in [0.25, 0.3) is 0 Å². The summed E-state index contributed by atoms with van der Waals surface area (Å²) in [6, 6.07) is 0. The lowest BCUT2D eigenvalue weighted by molar-refractivity contribution is 0.717. The quantitative estimate of drug-likeness (QED) is 0.522. The lowest BCUT2D eigenvalue weighted by Gasteiger charge is -2.09. The average molecular weight is 141 g/mol. The van der Waals surface area contributed by atoms with E-state index in [0.717, 1.165) is 13.0 Å². The molecule has 0 heterocycles. The molecule has 0 aliphatic rings. The fourth-order valence-corrected chi connectivity index (χ4v) is 0.514. The largest absolute Gasteiger partial charge is 0.386 e. The fraction of sp³-hybridized carbons (Fsp3) is 0.429. The Kier molecular flexibility index (Phi) is 4.20. The van der Waals surface area contributed by atoms with Crippen LogP contribution in [-0.4, -0.2) is 6.54 Å². The van der Waals surface area contributed by atoms with Gasteiger partial charge in [-0.25, -0.2) is 0 Å². The second-order valence-electron chi connectivity index (χ2n) is 2.06. The van der Waals surface area contributed by atoms with Gasteiger partial charge in [-0.2, -0.15) is 0 Å². The zero-order valence-corrected chi connectivity index (χ0v) is 6.41. The molecule has 0 bridgehead atoms. The summed E-state index contributed by atoms with van der Waals surface area (Å²) in [5.41, 5.74) is 5.26. The first-order valence-corrected chi connectivity index (χ1v) is 3.31. The van der Waals surface area contributed by atoms with Gasteiger partial charge in [-0.05, 0) is 6.42 Å². The highest BCUT2D eigenvalue weighted by molar-refractivity contribution is 4.98. The Balaban J connectivity index is 3.35. The third-order valence-corrected chi connectivity index (χ3v) is 0.900. The van der Waals surface area contributed by atoms with E-state index in [4.69, 9.17) is 5.73 Å². The summed E-state index contributed by atoms with van der Waals surface area (Å²) >= 11 is 0. The van der Waals surface area contributed by atoms with Crippen molar-refractivity contribution in [3.05, 3.63) is 24.8 Å². The van der Waals surface area contributed by atoms with Crippen LogP contribution in [0.2, 0.25) is 0 Å². The van der Waals surface area contributed by atoms with Crippen molar-refractivity contribution in [2.24, 2.45) is 5.73 Å². The Morgan fingerprint density at radius 2 is 2.10 bits per heavy atom. The number of nitrogens with two attached hydrogens (primary N) is 1. The molecule has 58 valence electrons. The van der Waals surface area contributed by atoms with E-state index in [0.29, 0.717) is 11.6 Å². The van der Waals surface area contributed by atoms with Crippen LogP contribution in [0.3, 0.4) is 0 Å². The SMILES string of the molecule is C=C(N)NC(=C)NCCC. The first kappa shape index (κ1) is 8.88. The molecule has 0 radical (unpaired) electrons. The zero-order chi connectivity index (χ0) is 7.98. The summed E-state index contributed by atoms with van der Waals surface area (Å²) in [5, 5.41) is 5.77. The molecule has 0 rings (SSSR count). The van der Waals surface area contributed by atoms with E-state index in [1.165, 1.54) is 0 Å². The molecule has 0 aliphatic heterocycles. The molecule has 0 aliphatic carbocycles. The van der Waals surface area contributed by atoms with Crippen molar-refractivity contribution in [2.75, 3.05) is 6.54 Å². The monoisotopic (exact) mass is 141 g/mol. The molecular weight excluding hydrogens is 126 g/mol. The number of hydrogen-bond donors (Lipinski definition) is 3. The molecule has 0 aromatic carbocycles. The maximum Gasteiger partial charge on any atom is 0.0967 e. The highest BCUT2D eigenvalue weighted by Gasteiger charge is 1.88. The molecular formula is C7H15N3. The van der Waals surface area contributed by atoms with Crippen molar-refractivity contribution in [3.63, 3.8) is 0 Å². The molecule has 0 spiro atoms. The predicted octanol–water partition coefficient (Wildman–Crippen LogP) is 0.477. The summed E-state index contributed by atoms with van der Waals surface area (Å²) in [6.07, 6.45) is 1.07. The van der Waals surface area contributed by atoms with Gasteiger partial charge in [0.1, 0.15) is 0 Å². The van der Waals surface area contributed by atoms with Crippen LogP contribution >= 0.6 is 0 Å². The van der Waals surface area contributed by atoms with E-state index in [-0.39, 0.29) is 0 Å². The zero-order valence-electron chi connectivity index (χ0n) is 6.41. The van der Waals surface area contributed by atoms with Gasteiger partial charge in [0.25, 0.3) is 0 Å². The maximum absolute atomic E-state index is 5.26. The molecule has 0 amide bonds. The van der Waals surface area contributed by atoms with E-state index in [2.05, 4.69) is 30.7 Å². The molecule has 0 atom stereocenters. The molecule has 10 heavy (non-hydrogen) atoms. The highest BCUT2D eigenvalue weighted by atomic mass is 15.1. The summed E-state index contributed by atoms with van der Waals surface area (Å²) in [5.74, 6) is 1.11. The van der Waals surface area contributed by atoms with Crippen molar-refractivity contribution in [1.29, 1.82) is 0 Å². The second-order valence-corrected chi connectivity index (χ2v) is 2.06. The molecule has 0 saturated heterocycles. The Labute approximate surface area is 62.0 Å². The van der Waals surface area contributed by atoms with Gasteiger partial charge in [0.05, 0.1) is 11.6 Å². The minimum Gasteiger partial charge on any atom is -0.386 e. The molecule has 0 saturated carbocycles. The van der Waals surface area contributed by atoms with Crippen LogP contribution < -0.4 is 16.4 Å². The van der Waals surface area contributed by atoms with Gasteiger partial charge < -0.3 is 16.4 Å². The molecule has 0 aromatic rings. The van der Waals surface area contributed by atoms with E-state index in [9.17, 15) is 0 Å². The Morgan fingerprint density at radius 3 is 2.50 bits per heavy atom. The van der Waals surface area contributed by atoms with Gasteiger partial charge in [-0.3, -0.25) is 0 Å². The van der Waals surface area contributed by atoms with E-state index in [1.54, 1.807) is 0 Å². The number of rotatable bonds is 5. The normalized spacial score (nSPS) is 8.50. The van der Waals surface area contributed by atoms with Gasteiger partial charge in [-0.15, -0.1) is 0 Å². The second kappa shape index (κ2) is 4.73. The van der Waals surface area contributed by atoms with Crippen LogP contribution in [0.1, 0.15) is 13.3 Å². The van der Waals surface area contributed by atoms with Gasteiger partial charge in [0.2, 0.25) is 0 Å². The van der Waals surface area contributed by atoms with Gasteiger partial charge in [-0.1, -0.05) is 20.1 Å². The smallest absolute Gasteiger partial charge is 0.0967 e. The minimum atomic E-state index is 0.411. The molecule has 0 aromatic heterocycles. The molecule has 3 heteroatoms. The van der Waals surface area contributed by atoms with Crippen molar-refractivity contribution in [1.82, 2.24) is 10.6 Å². The Morgan fingerprint density at radius 1 is 1.50 bits per heavy atom. The van der Waals surface area contributed by atoms with Crippen molar-refractivity contribution < 1.29 is 0 Å². The fourth-order valence-electron chi connectivity index (χ4n) is 0.514. The first-order chi connectivity index (χ1) is 4.66. The van der Waals surface area contributed by atoms with Crippen molar-refractivity contribution in [2.45, 2.75) is 13.3 Å². The van der Waals surface area contributed by atoms with E-state index in [1.807, 2.05) is 0 Å². The summed E-state index contributed by atoms with van der Waals surface area (Å²) < 4.78 is 0. The first-order valence-electron chi connectivity index (χ1n) is 3.31. The summed E-state index contributed by atoms with van der Waals surface area (Å²) in [7, 11) is 0. The number of nitrogens with one attached hydrogen (secondary N) is 2. The summed E-state index contributed by atoms with van der Waals surface area (Å²) in [6.45, 7) is 10.1. The topological polar surface area (TPSA) is 50.1 Å². The summed E-state index contributed by atoms with van der Waals surface area (Å²) in [4.78, 5) is 0. The molecule has 4 N–H and O–H groups in total. The third-order valence-electron chi connectivity index (χ3n) is 0.900. The maximum atomic E-state index is 5.26. The lowest BCUT2D eigenvalue weighted by atomic mass is 10.5. The van der Waals surface area contributed by atoms with Crippen LogP contribution in [0.15, 0.2) is 24.8 Å². The number of hydrogen-bond acceptors (Lipinski definition) is 3. The standard InChI is InChI=1S/C7H15N3/c1-4-5-9-7(3)10-6(2)8/h9-10H,2-5,8H2,1H3. The van der Waals surface area contributed by atoms with Gasteiger partial charge in [0.15, 0.2) is 0 Å². The molecule has 0 unspecified atom stereocenters. The lowest BCUT2D eigenvalue weighted by Crippen LogP contribution is -2.28. The van der Waals surface area contributed by atoms with E-state index < -0.39 is 0 Å².